The average Bonchev–Trinajstić information content (AvgIpc) is 3.62. The molecule has 2 aliphatic rings. The molecule has 4 aromatic rings. The summed E-state index contributed by atoms with van der Waals surface area (Å²) in [6.45, 7) is 1.19. The van der Waals surface area contributed by atoms with Crippen LogP contribution in [-0.2, 0) is 12.8 Å². The van der Waals surface area contributed by atoms with Crippen molar-refractivity contribution in [2.24, 2.45) is 0 Å². The number of amides is 1. The van der Waals surface area contributed by atoms with Crippen molar-refractivity contribution >= 4 is 5.91 Å². The molecule has 1 saturated heterocycles. The number of hydrogen-bond donors (Lipinski definition) is 0. The smallest absolute Gasteiger partial charge is 0.274 e. The Balaban J connectivity index is 1.24. The fourth-order valence-electron chi connectivity index (χ4n) is 5.02. The molecular formula is C26H24FN5O2. The maximum absolute atomic E-state index is 13.6. The molecule has 0 N–H and O–H groups in total. The summed E-state index contributed by atoms with van der Waals surface area (Å²) < 4.78 is 20.7. The van der Waals surface area contributed by atoms with Crippen molar-refractivity contribution < 1.29 is 13.7 Å². The molecule has 1 fully saturated rings. The van der Waals surface area contributed by atoms with E-state index in [0.717, 1.165) is 49.0 Å². The van der Waals surface area contributed by atoms with E-state index in [1.807, 2.05) is 39.9 Å². The van der Waals surface area contributed by atoms with Crippen LogP contribution in [0.2, 0.25) is 0 Å². The summed E-state index contributed by atoms with van der Waals surface area (Å²) in [7, 11) is 0. The minimum absolute atomic E-state index is 0.0317. The number of benzene rings is 2. The lowest BCUT2D eigenvalue weighted by Gasteiger charge is -2.30. The van der Waals surface area contributed by atoms with Gasteiger partial charge in [0.1, 0.15) is 5.82 Å². The lowest BCUT2D eigenvalue weighted by molar-refractivity contribution is 0.0688. The third-order valence-electron chi connectivity index (χ3n) is 6.74. The van der Waals surface area contributed by atoms with Crippen molar-refractivity contribution in [3.8, 4) is 17.1 Å². The first kappa shape index (κ1) is 20.8. The maximum atomic E-state index is 13.6. The van der Waals surface area contributed by atoms with E-state index in [9.17, 15) is 9.18 Å². The van der Waals surface area contributed by atoms with Crippen LogP contribution in [0.25, 0.3) is 17.1 Å². The van der Waals surface area contributed by atoms with E-state index < -0.39 is 0 Å². The standard InChI is InChI=1S/C26H24FN5O2/c27-19-13-11-17(12-14-19)24-28-25(34-30-24)18-6-5-15-31(16-18)26(33)23-21-9-4-10-22(21)32(29-23)20-7-2-1-3-8-20/h1-3,7-8,11-14,18H,4-6,9-10,15-16H2. The summed E-state index contributed by atoms with van der Waals surface area (Å²) in [5, 5.41) is 8.85. The Morgan fingerprint density at radius 2 is 1.85 bits per heavy atom. The quantitative estimate of drug-likeness (QED) is 0.449. The Hall–Kier alpha value is -3.81. The molecule has 0 bridgehead atoms. The van der Waals surface area contributed by atoms with Crippen LogP contribution in [0.1, 0.15) is 52.8 Å². The average molecular weight is 458 g/mol. The van der Waals surface area contributed by atoms with Crippen molar-refractivity contribution in [1.29, 1.82) is 0 Å². The molecule has 172 valence electrons. The predicted octanol–water partition coefficient (Wildman–Crippen LogP) is 4.57. The number of nitrogens with zero attached hydrogens (tertiary/aromatic N) is 5. The van der Waals surface area contributed by atoms with Crippen LogP contribution in [0.3, 0.4) is 0 Å². The molecule has 1 atom stereocenters. The molecule has 2 aromatic carbocycles. The lowest BCUT2D eigenvalue weighted by atomic mass is 9.97. The van der Waals surface area contributed by atoms with E-state index in [1.54, 1.807) is 12.1 Å². The predicted molar refractivity (Wildman–Crippen MR) is 123 cm³/mol. The summed E-state index contributed by atoms with van der Waals surface area (Å²) in [6, 6.07) is 16.0. The highest BCUT2D eigenvalue weighted by Crippen LogP contribution is 2.32. The maximum Gasteiger partial charge on any atom is 0.274 e. The van der Waals surface area contributed by atoms with E-state index in [1.165, 1.54) is 12.1 Å². The first-order valence-corrected chi connectivity index (χ1v) is 11.7. The number of hydrogen-bond acceptors (Lipinski definition) is 5. The zero-order valence-corrected chi connectivity index (χ0v) is 18.7. The second-order valence-corrected chi connectivity index (χ2v) is 8.93. The van der Waals surface area contributed by atoms with Gasteiger partial charge in [0.25, 0.3) is 5.91 Å². The van der Waals surface area contributed by atoms with Gasteiger partial charge < -0.3 is 9.42 Å². The van der Waals surface area contributed by atoms with E-state index in [0.29, 0.717) is 36.1 Å². The fraction of sp³-hybridized carbons (Fsp3) is 0.308. The largest absolute Gasteiger partial charge is 0.339 e. The van der Waals surface area contributed by atoms with Crippen LogP contribution in [-0.4, -0.2) is 43.8 Å². The number of halogens is 1. The van der Waals surface area contributed by atoms with Gasteiger partial charge in [-0.2, -0.15) is 10.1 Å². The number of carbonyl (C=O) groups excluding carboxylic acids is 1. The number of para-hydroxylation sites is 1. The van der Waals surface area contributed by atoms with Crippen LogP contribution >= 0.6 is 0 Å². The molecule has 1 unspecified atom stereocenters. The van der Waals surface area contributed by atoms with Gasteiger partial charge in [-0.15, -0.1) is 0 Å². The van der Waals surface area contributed by atoms with Crippen LogP contribution in [0.15, 0.2) is 59.1 Å². The van der Waals surface area contributed by atoms with Gasteiger partial charge in [-0.1, -0.05) is 23.4 Å². The van der Waals surface area contributed by atoms with Gasteiger partial charge in [0.2, 0.25) is 11.7 Å². The molecular weight excluding hydrogens is 433 g/mol. The van der Waals surface area contributed by atoms with Crippen molar-refractivity contribution in [3.63, 3.8) is 0 Å². The molecule has 6 rings (SSSR count). The minimum atomic E-state index is -0.310. The summed E-state index contributed by atoms with van der Waals surface area (Å²) in [5.41, 5.74) is 4.46. The van der Waals surface area contributed by atoms with E-state index in [-0.39, 0.29) is 17.6 Å². The highest BCUT2D eigenvalue weighted by molar-refractivity contribution is 5.94. The van der Waals surface area contributed by atoms with Gasteiger partial charge in [-0.05, 0) is 68.5 Å². The van der Waals surface area contributed by atoms with Crippen LogP contribution in [0, 0.1) is 5.82 Å². The third kappa shape index (κ3) is 3.69. The Morgan fingerprint density at radius 1 is 1.03 bits per heavy atom. The third-order valence-corrected chi connectivity index (χ3v) is 6.74. The Labute approximate surface area is 196 Å². The Morgan fingerprint density at radius 3 is 2.68 bits per heavy atom. The first-order valence-electron chi connectivity index (χ1n) is 11.7. The van der Waals surface area contributed by atoms with Gasteiger partial charge in [0.05, 0.1) is 11.6 Å². The van der Waals surface area contributed by atoms with Crippen molar-refractivity contribution in [3.05, 3.63) is 83.3 Å². The number of likely N-dealkylation sites (tertiary alicyclic amines) is 1. The molecule has 0 spiro atoms. The number of piperidine rings is 1. The SMILES string of the molecule is O=C(c1nn(-c2ccccc2)c2c1CCC2)N1CCCC(c2nc(-c3ccc(F)cc3)no2)C1. The van der Waals surface area contributed by atoms with Crippen LogP contribution in [0.5, 0.6) is 0 Å². The molecule has 1 aliphatic carbocycles. The van der Waals surface area contributed by atoms with Gasteiger partial charge in [0, 0.05) is 29.9 Å². The highest BCUT2D eigenvalue weighted by atomic mass is 19.1. The fourth-order valence-corrected chi connectivity index (χ4v) is 5.02. The Kier molecular flexibility index (Phi) is 5.20. The first-order chi connectivity index (χ1) is 16.7. The topological polar surface area (TPSA) is 77.1 Å². The van der Waals surface area contributed by atoms with E-state index in [4.69, 9.17) is 9.62 Å². The molecule has 0 radical (unpaired) electrons. The normalized spacial score (nSPS) is 17.7. The molecule has 7 nitrogen and oxygen atoms in total. The molecule has 3 heterocycles. The summed E-state index contributed by atoms with van der Waals surface area (Å²) in [4.78, 5) is 20.0. The zero-order valence-electron chi connectivity index (χ0n) is 18.7. The van der Waals surface area contributed by atoms with E-state index in [2.05, 4.69) is 10.1 Å². The Bertz CT molecular complexity index is 1330. The molecule has 1 aliphatic heterocycles. The van der Waals surface area contributed by atoms with Crippen LogP contribution < -0.4 is 0 Å². The highest BCUT2D eigenvalue weighted by Gasteiger charge is 2.33. The number of aromatic nitrogens is 4. The molecule has 8 heteroatoms. The second-order valence-electron chi connectivity index (χ2n) is 8.93. The van der Waals surface area contributed by atoms with Crippen molar-refractivity contribution in [2.75, 3.05) is 13.1 Å². The molecule has 34 heavy (non-hydrogen) atoms. The lowest BCUT2D eigenvalue weighted by Crippen LogP contribution is -2.39. The second kappa shape index (κ2) is 8.52. The summed E-state index contributed by atoms with van der Waals surface area (Å²) >= 11 is 0. The monoisotopic (exact) mass is 457 g/mol. The number of rotatable bonds is 4. The minimum Gasteiger partial charge on any atom is -0.339 e. The zero-order chi connectivity index (χ0) is 23.1. The molecule has 1 amide bonds. The summed E-state index contributed by atoms with van der Waals surface area (Å²) in [6.07, 6.45) is 4.57. The van der Waals surface area contributed by atoms with Crippen LogP contribution in [0.4, 0.5) is 4.39 Å². The molecule has 0 saturated carbocycles. The van der Waals surface area contributed by atoms with Gasteiger partial charge in [0.15, 0.2) is 5.69 Å². The number of carbonyl (C=O) groups is 1. The van der Waals surface area contributed by atoms with Crippen molar-refractivity contribution in [1.82, 2.24) is 24.8 Å². The van der Waals surface area contributed by atoms with Gasteiger partial charge in [-0.3, -0.25) is 4.79 Å². The van der Waals surface area contributed by atoms with E-state index >= 15 is 0 Å². The summed E-state index contributed by atoms with van der Waals surface area (Å²) in [5.74, 6) is 0.560. The van der Waals surface area contributed by atoms with Gasteiger partial charge in [-0.25, -0.2) is 9.07 Å². The number of fused-ring (bicyclic) bond motifs is 1. The van der Waals surface area contributed by atoms with Crippen molar-refractivity contribution in [2.45, 2.75) is 38.0 Å². The van der Waals surface area contributed by atoms with Gasteiger partial charge >= 0.3 is 0 Å². The molecule has 2 aromatic heterocycles.